The Morgan fingerprint density at radius 1 is 1.25 bits per heavy atom. The number of alkyl halides is 2. The maximum atomic E-state index is 17.1. The lowest BCUT2D eigenvalue weighted by molar-refractivity contribution is -0.241. The number of fused-ring (bicyclic) bond motifs is 5. The molecule has 1 aromatic rings. The minimum Gasteiger partial charge on any atom is -0.364 e. The summed E-state index contributed by atoms with van der Waals surface area (Å²) in [5, 5.41) is 10.9. The summed E-state index contributed by atoms with van der Waals surface area (Å²) in [5.74, 6) is -2.47. The highest BCUT2D eigenvalue weighted by molar-refractivity contribution is 6.01. The number of aliphatic hydroxyl groups excluding tert-OH is 1. The molecule has 0 heterocycles. The molecule has 3 saturated carbocycles. The van der Waals surface area contributed by atoms with E-state index in [2.05, 4.69) is 0 Å². The van der Waals surface area contributed by atoms with Crippen molar-refractivity contribution in [3.8, 4) is 0 Å². The van der Waals surface area contributed by atoms with E-state index < -0.39 is 58.0 Å². The van der Waals surface area contributed by atoms with E-state index in [0.717, 1.165) is 6.07 Å². The molecule has 3 fully saturated rings. The molecule has 0 bridgehead atoms. The van der Waals surface area contributed by atoms with Gasteiger partial charge in [-0.2, -0.15) is 0 Å². The number of rotatable bonds is 5. The summed E-state index contributed by atoms with van der Waals surface area (Å²) < 4.78 is 52.6. The van der Waals surface area contributed by atoms with E-state index in [9.17, 15) is 19.1 Å². The standard InChI is InChI=1S/C28H32F3NO4/c1-25-8-6-18(33)13-21(25)22(30)14-20-19-7-9-28(23(34)15-32,26(19,2)10-11-27(20,25)31)36-24(35)16-4-3-5-17(29)12-16/h3-6,8,12-13,19-20,22,24,35H,7,9-11,14-15,32H2,1-2H3/t19?,20?,22-,24?,25?,26?,27+,28?/m0/s1. The van der Waals surface area contributed by atoms with E-state index in [-0.39, 0.29) is 49.1 Å². The van der Waals surface area contributed by atoms with Gasteiger partial charge < -0.3 is 15.6 Å². The van der Waals surface area contributed by atoms with Gasteiger partial charge in [-0.3, -0.25) is 9.59 Å². The molecule has 0 saturated heterocycles. The molecule has 194 valence electrons. The number of benzene rings is 1. The van der Waals surface area contributed by atoms with Gasteiger partial charge >= 0.3 is 0 Å². The van der Waals surface area contributed by atoms with E-state index in [1.54, 1.807) is 6.92 Å². The first-order chi connectivity index (χ1) is 16.9. The second-order valence-corrected chi connectivity index (χ2v) is 11.3. The molecular weight excluding hydrogens is 471 g/mol. The molecule has 3 N–H and O–H groups in total. The van der Waals surface area contributed by atoms with E-state index in [4.69, 9.17) is 10.5 Å². The first-order valence-corrected chi connectivity index (χ1v) is 12.5. The summed E-state index contributed by atoms with van der Waals surface area (Å²) in [6, 6.07) is 5.30. The molecule has 0 spiro atoms. The summed E-state index contributed by atoms with van der Waals surface area (Å²) in [6.45, 7) is 3.16. The lowest BCUT2D eigenvalue weighted by Gasteiger charge is -2.61. The Hall–Kier alpha value is -2.29. The zero-order chi connectivity index (χ0) is 26.1. The Balaban J connectivity index is 1.54. The number of hydrogen-bond acceptors (Lipinski definition) is 5. The third-order valence-electron chi connectivity index (χ3n) is 9.85. The zero-order valence-corrected chi connectivity index (χ0v) is 20.5. The van der Waals surface area contributed by atoms with Crippen LogP contribution in [0.25, 0.3) is 0 Å². The van der Waals surface area contributed by atoms with Crippen molar-refractivity contribution < 1.29 is 32.6 Å². The van der Waals surface area contributed by atoms with E-state index in [1.165, 1.54) is 36.4 Å². The van der Waals surface area contributed by atoms with Crippen molar-refractivity contribution in [1.29, 1.82) is 0 Å². The average molecular weight is 504 g/mol. The average Bonchev–Trinajstić information content (AvgIpc) is 3.14. The highest BCUT2D eigenvalue weighted by Crippen LogP contribution is 2.70. The summed E-state index contributed by atoms with van der Waals surface area (Å²) in [6.07, 6.45) is 1.71. The third-order valence-corrected chi connectivity index (χ3v) is 9.85. The van der Waals surface area contributed by atoms with Crippen molar-refractivity contribution in [3.63, 3.8) is 0 Å². The van der Waals surface area contributed by atoms with Crippen LogP contribution < -0.4 is 5.73 Å². The SMILES string of the molecule is CC12CC[C@@]3(F)C(C[C@H](F)C4=CC(=O)C=CC43C)C1CCC2(OC(O)c1cccc(F)c1)C(=O)CN. The van der Waals surface area contributed by atoms with Gasteiger partial charge in [0.15, 0.2) is 17.9 Å². The topological polar surface area (TPSA) is 89.6 Å². The normalized spacial score (nSPS) is 42.2. The Labute approximate surface area is 208 Å². The Morgan fingerprint density at radius 3 is 2.69 bits per heavy atom. The number of ketones is 2. The molecule has 6 unspecified atom stereocenters. The van der Waals surface area contributed by atoms with Gasteiger partial charge in [-0.1, -0.05) is 25.1 Å². The van der Waals surface area contributed by atoms with Gasteiger partial charge in [0.1, 0.15) is 23.3 Å². The molecule has 8 heteroatoms. The maximum absolute atomic E-state index is 17.1. The van der Waals surface area contributed by atoms with Gasteiger partial charge in [0, 0.05) is 22.3 Å². The van der Waals surface area contributed by atoms with Crippen LogP contribution in [0.15, 0.2) is 48.1 Å². The number of nitrogens with two attached hydrogens (primary N) is 1. The Morgan fingerprint density at radius 2 is 2.00 bits per heavy atom. The fourth-order valence-corrected chi connectivity index (χ4v) is 7.88. The van der Waals surface area contributed by atoms with Gasteiger partial charge in [-0.25, -0.2) is 13.2 Å². The summed E-state index contributed by atoms with van der Waals surface area (Å²) in [7, 11) is 0. The van der Waals surface area contributed by atoms with Crippen molar-refractivity contribution in [2.24, 2.45) is 28.4 Å². The van der Waals surface area contributed by atoms with Crippen LogP contribution in [0.3, 0.4) is 0 Å². The minimum absolute atomic E-state index is 0.0305. The van der Waals surface area contributed by atoms with Crippen LogP contribution in [0.5, 0.6) is 0 Å². The van der Waals surface area contributed by atoms with E-state index >= 15 is 8.78 Å². The Kier molecular flexibility index (Phi) is 5.89. The van der Waals surface area contributed by atoms with Crippen LogP contribution in [0.4, 0.5) is 13.2 Å². The van der Waals surface area contributed by atoms with Crippen LogP contribution in [0.2, 0.25) is 0 Å². The Bertz CT molecular complexity index is 1170. The molecule has 1 aromatic carbocycles. The molecule has 0 radical (unpaired) electrons. The second-order valence-electron chi connectivity index (χ2n) is 11.3. The van der Waals surface area contributed by atoms with Crippen LogP contribution in [0.1, 0.15) is 57.8 Å². The predicted molar refractivity (Wildman–Crippen MR) is 126 cm³/mol. The maximum Gasteiger partial charge on any atom is 0.182 e. The van der Waals surface area contributed by atoms with Crippen molar-refractivity contribution >= 4 is 11.6 Å². The van der Waals surface area contributed by atoms with Gasteiger partial charge in [-0.15, -0.1) is 0 Å². The molecule has 0 amide bonds. The van der Waals surface area contributed by atoms with Crippen LogP contribution in [-0.4, -0.2) is 40.7 Å². The van der Waals surface area contributed by atoms with Crippen molar-refractivity contribution in [2.75, 3.05) is 6.54 Å². The number of allylic oxidation sites excluding steroid dienone is 4. The highest BCUT2D eigenvalue weighted by Gasteiger charge is 2.73. The summed E-state index contributed by atoms with van der Waals surface area (Å²) in [5.41, 5.74) is 0.601. The molecule has 4 aliphatic carbocycles. The smallest absolute Gasteiger partial charge is 0.182 e. The number of Topliss-reactive ketones (excluding diaryl/α,β-unsaturated/α-hetero) is 1. The molecule has 4 aliphatic rings. The fourth-order valence-electron chi connectivity index (χ4n) is 7.88. The first-order valence-electron chi connectivity index (χ1n) is 12.5. The lowest BCUT2D eigenvalue weighted by atomic mass is 9.45. The van der Waals surface area contributed by atoms with E-state index in [0.29, 0.717) is 6.42 Å². The van der Waals surface area contributed by atoms with Gasteiger partial charge in [-0.05, 0) is 74.8 Å². The number of aliphatic hydroxyl groups is 1. The molecule has 36 heavy (non-hydrogen) atoms. The van der Waals surface area contributed by atoms with Gasteiger partial charge in [0.05, 0.1) is 6.54 Å². The first kappa shape index (κ1) is 25.4. The van der Waals surface area contributed by atoms with Crippen molar-refractivity contribution in [2.45, 2.75) is 69.7 Å². The highest BCUT2D eigenvalue weighted by atomic mass is 19.1. The predicted octanol–water partition coefficient (Wildman–Crippen LogP) is 4.45. The van der Waals surface area contributed by atoms with Gasteiger partial charge in [0.2, 0.25) is 0 Å². The molecule has 5 rings (SSSR count). The van der Waals surface area contributed by atoms with Crippen molar-refractivity contribution in [1.82, 2.24) is 0 Å². The number of carbonyl (C=O) groups is 2. The third kappa shape index (κ3) is 3.26. The van der Waals surface area contributed by atoms with E-state index in [1.807, 2.05) is 6.92 Å². The number of halogens is 3. The lowest BCUT2D eigenvalue weighted by Crippen LogP contribution is -2.65. The number of ether oxygens (including phenoxy) is 1. The molecule has 8 atom stereocenters. The largest absolute Gasteiger partial charge is 0.364 e. The fraction of sp³-hybridized carbons (Fsp3) is 0.571. The summed E-state index contributed by atoms with van der Waals surface area (Å²) >= 11 is 0. The summed E-state index contributed by atoms with van der Waals surface area (Å²) in [4.78, 5) is 25.4. The zero-order valence-electron chi connectivity index (χ0n) is 20.5. The van der Waals surface area contributed by atoms with Crippen molar-refractivity contribution in [3.05, 3.63) is 59.4 Å². The molecular formula is C28H32F3NO4. The second kappa shape index (κ2) is 8.36. The molecule has 0 aromatic heterocycles. The van der Waals surface area contributed by atoms with Crippen LogP contribution in [0, 0.1) is 28.5 Å². The number of carbonyl (C=O) groups excluding carboxylic acids is 2. The monoisotopic (exact) mass is 503 g/mol. The number of hydrogen-bond donors (Lipinski definition) is 2. The minimum atomic E-state index is -1.81. The quantitative estimate of drug-likeness (QED) is 0.580. The van der Waals surface area contributed by atoms with Gasteiger partial charge in [0.25, 0.3) is 0 Å². The van der Waals surface area contributed by atoms with Crippen LogP contribution in [-0.2, 0) is 14.3 Å². The molecule has 0 aliphatic heterocycles. The van der Waals surface area contributed by atoms with Crippen LogP contribution >= 0.6 is 0 Å². The molecule has 5 nitrogen and oxygen atoms in total.